The number of nitrogens with zero attached hydrogens (tertiary/aromatic N) is 1. The van der Waals surface area contributed by atoms with Gasteiger partial charge in [0.25, 0.3) is 5.91 Å². The van der Waals surface area contributed by atoms with Crippen LogP contribution in [0.4, 0.5) is 5.69 Å². The summed E-state index contributed by atoms with van der Waals surface area (Å²) in [6, 6.07) is 11.6. The lowest BCUT2D eigenvalue weighted by Gasteiger charge is -2.16. The van der Waals surface area contributed by atoms with Crippen molar-refractivity contribution in [1.29, 1.82) is 0 Å². The molecule has 0 aromatic heterocycles. The first-order valence-electron chi connectivity index (χ1n) is 9.47. The molecule has 0 bridgehead atoms. The zero-order valence-electron chi connectivity index (χ0n) is 16.8. The molecule has 2 aromatic carbocycles. The number of nitrogens with one attached hydrogen (secondary N) is 1. The minimum atomic E-state index is -3.60. The Morgan fingerprint density at radius 3 is 2.69 bits per heavy atom. The number of rotatable bonds is 7. The molecule has 1 atom stereocenters. The number of amides is 1. The summed E-state index contributed by atoms with van der Waals surface area (Å²) in [4.78, 5) is 13.0. The highest BCUT2D eigenvalue weighted by molar-refractivity contribution is 7.89. The smallest absolute Gasteiger partial charge is 0.259 e. The Hall–Kier alpha value is -2.42. The highest BCUT2D eigenvalue weighted by Gasteiger charge is 2.21. The van der Waals surface area contributed by atoms with Crippen molar-refractivity contribution in [2.75, 3.05) is 32.6 Å². The van der Waals surface area contributed by atoms with Crippen molar-refractivity contribution in [1.82, 2.24) is 4.31 Å². The van der Waals surface area contributed by atoms with Gasteiger partial charge >= 0.3 is 0 Å². The van der Waals surface area contributed by atoms with Gasteiger partial charge in [-0.15, -0.1) is 0 Å². The third-order valence-corrected chi connectivity index (χ3v) is 6.63. The molecule has 0 saturated carbocycles. The van der Waals surface area contributed by atoms with Crippen molar-refractivity contribution >= 4 is 21.6 Å². The number of anilines is 1. The molecular weight excluding hydrogens is 392 g/mol. The van der Waals surface area contributed by atoms with Gasteiger partial charge in [0.1, 0.15) is 12.4 Å². The Bertz CT molecular complexity index is 982. The first-order chi connectivity index (χ1) is 13.8. The van der Waals surface area contributed by atoms with E-state index in [0.717, 1.165) is 29.3 Å². The predicted molar refractivity (Wildman–Crippen MR) is 111 cm³/mol. The number of ether oxygens (including phenoxy) is 2. The Morgan fingerprint density at radius 2 is 2.00 bits per heavy atom. The molecule has 1 aliphatic heterocycles. The van der Waals surface area contributed by atoms with Crippen molar-refractivity contribution in [3.63, 3.8) is 0 Å². The molecule has 1 fully saturated rings. The van der Waals surface area contributed by atoms with Crippen LogP contribution in [0.25, 0.3) is 0 Å². The van der Waals surface area contributed by atoms with Crippen LogP contribution in [0.3, 0.4) is 0 Å². The van der Waals surface area contributed by atoms with E-state index in [9.17, 15) is 13.2 Å². The van der Waals surface area contributed by atoms with Crippen LogP contribution in [0.15, 0.2) is 47.4 Å². The van der Waals surface area contributed by atoms with Crippen LogP contribution in [0, 0.1) is 6.92 Å². The van der Waals surface area contributed by atoms with Crippen LogP contribution in [-0.2, 0) is 14.8 Å². The summed E-state index contributed by atoms with van der Waals surface area (Å²) in [5, 5.41) is 2.81. The van der Waals surface area contributed by atoms with E-state index < -0.39 is 10.0 Å². The SMILES string of the molecule is Cc1ccc(S(=O)(=O)N(C)C)cc1NC(=O)c1ccccc1OCC1CCCO1. The molecule has 1 unspecified atom stereocenters. The van der Waals surface area contributed by atoms with E-state index in [1.165, 1.54) is 26.2 Å². The number of para-hydroxylation sites is 1. The van der Waals surface area contributed by atoms with E-state index in [2.05, 4.69) is 5.32 Å². The van der Waals surface area contributed by atoms with Crippen LogP contribution in [-0.4, -0.2) is 52.0 Å². The lowest BCUT2D eigenvalue weighted by molar-refractivity contribution is 0.0673. The Kier molecular flexibility index (Phi) is 6.56. The van der Waals surface area contributed by atoms with Gasteiger partial charge in [-0.1, -0.05) is 18.2 Å². The van der Waals surface area contributed by atoms with Gasteiger partial charge in [-0.25, -0.2) is 12.7 Å². The van der Waals surface area contributed by atoms with Crippen LogP contribution in [0.1, 0.15) is 28.8 Å². The highest BCUT2D eigenvalue weighted by Crippen LogP contribution is 2.25. The van der Waals surface area contributed by atoms with E-state index in [0.29, 0.717) is 23.6 Å². The van der Waals surface area contributed by atoms with Crippen LogP contribution < -0.4 is 10.1 Å². The fraction of sp³-hybridized carbons (Fsp3) is 0.381. The van der Waals surface area contributed by atoms with Gasteiger partial charge in [0.2, 0.25) is 10.0 Å². The first kappa shape index (κ1) is 21.3. The lowest BCUT2D eigenvalue weighted by atomic mass is 10.1. The number of sulfonamides is 1. The van der Waals surface area contributed by atoms with Gasteiger partial charge in [0.05, 0.1) is 16.6 Å². The minimum absolute atomic E-state index is 0.0429. The molecule has 0 aliphatic carbocycles. The zero-order chi connectivity index (χ0) is 21.0. The summed E-state index contributed by atoms with van der Waals surface area (Å²) < 4.78 is 37.3. The molecule has 29 heavy (non-hydrogen) atoms. The van der Waals surface area contributed by atoms with Crippen molar-refractivity contribution in [3.8, 4) is 5.75 Å². The van der Waals surface area contributed by atoms with Crippen molar-refractivity contribution < 1.29 is 22.7 Å². The van der Waals surface area contributed by atoms with E-state index in [4.69, 9.17) is 9.47 Å². The molecule has 7 nitrogen and oxygen atoms in total. The molecule has 3 rings (SSSR count). The van der Waals surface area contributed by atoms with Crippen LogP contribution in [0.2, 0.25) is 0 Å². The van der Waals surface area contributed by atoms with Crippen LogP contribution in [0.5, 0.6) is 5.75 Å². The Balaban J connectivity index is 1.80. The number of benzene rings is 2. The lowest BCUT2D eigenvalue weighted by Crippen LogP contribution is -2.23. The number of hydrogen-bond acceptors (Lipinski definition) is 5. The predicted octanol–water partition coefficient (Wildman–Crippen LogP) is 3.06. The monoisotopic (exact) mass is 418 g/mol. The second-order valence-electron chi connectivity index (χ2n) is 7.16. The van der Waals surface area contributed by atoms with Crippen molar-refractivity contribution in [2.45, 2.75) is 30.8 Å². The highest BCUT2D eigenvalue weighted by atomic mass is 32.2. The maximum absolute atomic E-state index is 12.9. The standard InChI is InChI=1S/C21H26N2O5S/c1-15-10-11-17(29(25,26)23(2)3)13-19(15)22-21(24)18-8-4-5-9-20(18)28-14-16-7-6-12-27-16/h4-5,8-11,13,16H,6-7,12,14H2,1-3H3,(H,22,24). The molecule has 156 valence electrons. The third kappa shape index (κ3) is 4.95. The molecule has 1 saturated heterocycles. The number of aryl methyl sites for hydroxylation is 1. The van der Waals surface area contributed by atoms with Crippen molar-refractivity contribution in [2.24, 2.45) is 0 Å². The molecule has 8 heteroatoms. The fourth-order valence-electron chi connectivity index (χ4n) is 3.04. The Labute approximate surface area is 171 Å². The van der Waals surface area contributed by atoms with Gasteiger partial charge in [-0.3, -0.25) is 4.79 Å². The van der Waals surface area contributed by atoms with Crippen LogP contribution >= 0.6 is 0 Å². The largest absolute Gasteiger partial charge is 0.490 e. The zero-order valence-corrected chi connectivity index (χ0v) is 17.7. The topological polar surface area (TPSA) is 84.9 Å². The van der Waals surface area contributed by atoms with E-state index in [1.807, 2.05) is 6.92 Å². The summed E-state index contributed by atoms with van der Waals surface area (Å²) in [5.74, 6) is 0.102. The second-order valence-corrected chi connectivity index (χ2v) is 9.31. The second kappa shape index (κ2) is 8.94. The molecule has 0 radical (unpaired) electrons. The summed E-state index contributed by atoms with van der Waals surface area (Å²) in [6.45, 7) is 2.93. The maximum atomic E-state index is 12.9. The summed E-state index contributed by atoms with van der Waals surface area (Å²) in [5.41, 5.74) is 1.58. The van der Waals surface area contributed by atoms with Gasteiger partial charge < -0.3 is 14.8 Å². The maximum Gasteiger partial charge on any atom is 0.259 e. The van der Waals surface area contributed by atoms with E-state index >= 15 is 0 Å². The number of carbonyl (C=O) groups is 1. The molecule has 1 amide bonds. The third-order valence-electron chi connectivity index (χ3n) is 4.82. The molecular formula is C21H26N2O5S. The van der Waals surface area contributed by atoms with Crippen molar-refractivity contribution in [3.05, 3.63) is 53.6 Å². The summed E-state index contributed by atoms with van der Waals surface area (Å²) in [6.07, 6.45) is 2.00. The van der Waals surface area contributed by atoms with E-state index in [-0.39, 0.29) is 16.9 Å². The summed E-state index contributed by atoms with van der Waals surface area (Å²) in [7, 11) is -0.665. The normalized spacial score (nSPS) is 16.8. The average Bonchev–Trinajstić information content (AvgIpc) is 3.21. The van der Waals surface area contributed by atoms with E-state index in [1.54, 1.807) is 30.3 Å². The first-order valence-corrected chi connectivity index (χ1v) is 10.9. The average molecular weight is 419 g/mol. The number of hydrogen-bond donors (Lipinski definition) is 1. The van der Waals surface area contributed by atoms with Gasteiger partial charge in [-0.05, 0) is 49.6 Å². The molecule has 0 spiro atoms. The van der Waals surface area contributed by atoms with Gasteiger partial charge in [-0.2, -0.15) is 0 Å². The summed E-state index contributed by atoms with van der Waals surface area (Å²) >= 11 is 0. The molecule has 1 aliphatic rings. The fourth-order valence-corrected chi connectivity index (χ4v) is 3.96. The number of carbonyl (C=O) groups excluding carboxylic acids is 1. The van der Waals surface area contributed by atoms with Gasteiger partial charge in [0.15, 0.2) is 0 Å². The molecule has 1 N–H and O–H groups in total. The van der Waals surface area contributed by atoms with Gasteiger partial charge in [0, 0.05) is 26.4 Å². The molecule has 2 aromatic rings. The minimum Gasteiger partial charge on any atom is -0.490 e. The quantitative estimate of drug-likeness (QED) is 0.747. The Morgan fingerprint density at radius 1 is 1.24 bits per heavy atom. The molecule has 1 heterocycles.